The average Bonchev–Trinajstić information content (AvgIpc) is 2.69. The van der Waals surface area contributed by atoms with E-state index >= 15 is 0 Å². The number of amides is 1. The molecule has 0 aliphatic rings. The van der Waals surface area contributed by atoms with Crippen molar-refractivity contribution in [3.8, 4) is 23.0 Å². The Kier molecular flexibility index (Phi) is 5.72. The Bertz CT molecular complexity index is 847. The Morgan fingerprint density at radius 3 is 2.19 bits per heavy atom. The molecule has 0 heterocycles. The molecule has 5 nitrogen and oxygen atoms in total. The van der Waals surface area contributed by atoms with Crippen molar-refractivity contribution in [2.45, 2.75) is 0 Å². The number of para-hydroxylation sites is 3. The average molecular weight is 349 g/mol. The van der Waals surface area contributed by atoms with E-state index in [2.05, 4.69) is 5.32 Å². The van der Waals surface area contributed by atoms with Gasteiger partial charge in [0.15, 0.2) is 12.4 Å². The van der Waals surface area contributed by atoms with Gasteiger partial charge in [-0.1, -0.05) is 30.3 Å². The van der Waals surface area contributed by atoms with Crippen LogP contribution in [0.4, 0.5) is 5.69 Å². The molecular formula is C21H19NO4. The minimum atomic E-state index is -0.273. The molecule has 1 N–H and O–H groups in total. The van der Waals surface area contributed by atoms with E-state index in [-0.39, 0.29) is 12.5 Å². The number of hydrogen-bond donors (Lipinski definition) is 1. The number of hydrogen-bond acceptors (Lipinski definition) is 4. The number of carbonyl (C=O) groups excluding carboxylic acids is 1. The van der Waals surface area contributed by atoms with E-state index in [1.165, 1.54) is 0 Å². The summed E-state index contributed by atoms with van der Waals surface area (Å²) in [6, 6.07) is 23.7. The molecule has 0 spiro atoms. The van der Waals surface area contributed by atoms with Crippen LogP contribution in [0.15, 0.2) is 78.9 Å². The smallest absolute Gasteiger partial charge is 0.262 e. The summed E-state index contributed by atoms with van der Waals surface area (Å²) < 4.78 is 16.4. The van der Waals surface area contributed by atoms with E-state index in [0.717, 1.165) is 5.75 Å². The summed E-state index contributed by atoms with van der Waals surface area (Å²) in [7, 11) is 1.60. The summed E-state index contributed by atoms with van der Waals surface area (Å²) in [5.41, 5.74) is 0.583. The summed E-state index contributed by atoms with van der Waals surface area (Å²) in [6.45, 7) is -0.105. The van der Waals surface area contributed by atoms with Crippen molar-refractivity contribution in [2.75, 3.05) is 19.0 Å². The Balaban J connectivity index is 1.60. The van der Waals surface area contributed by atoms with E-state index in [1.54, 1.807) is 43.5 Å². The highest BCUT2D eigenvalue weighted by Crippen LogP contribution is 2.29. The van der Waals surface area contributed by atoms with E-state index in [9.17, 15) is 4.79 Å². The van der Waals surface area contributed by atoms with Gasteiger partial charge in [0, 0.05) is 0 Å². The standard InChI is InChI=1S/C21H19NO4/c1-24-16-11-13-17(14-12-16)25-15-21(23)22-19-9-5-6-10-20(19)26-18-7-3-2-4-8-18/h2-14H,15H2,1H3,(H,22,23). The van der Waals surface area contributed by atoms with Crippen LogP contribution in [0.1, 0.15) is 0 Å². The van der Waals surface area contributed by atoms with Gasteiger partial charge in [-0.2, -0.15) is 0 Å². The third-order valence-corrected chi connectivity index (χ3v) is 3.56. The molecule has 0 bridgehead atoms. The number of nitrogens with one attached hydrogen (secondary N) is 1. The van der Waals surface area contributed by atoms with Crippen molar-refractivity contribution < 1.29 is 19.0 Å². The Morgan fingerprint density at radius 2 is 1.46 bits per heavy atom. The predicted molar refractivity (Wildman–Crippen MR) is 100 cm³/mol. The van der Waals surface area contributed by atoms with E-state index in [0.29, 0.717) is 22.9 Å². The van der Waals surface area contributed by atoms with Gasteiger partial charge in [-0.3, -0.25) is 4.79 Å². The first kappa shape index (κ1) is 17.4. The predicted octanol–water partition coefficient (Wildman–Crippen LogP) is 4.51. The third-order valence-electron chi connectivity index (χ3n) is 3.56. The molecule has 3 rings (SSSR count). The normalized spacial score (nSPS) is 10.0. The van der Waals surface area contributed by atoms with Gasteiger partial charge >= 0.3 is 0 Å². The fraction of sp³-hybridized carbons (Fsp3) is 0.0952. The van der Waals surface area contributed by atoms with Crippen molar-refractivity contribution in [3.05, 3.63) is 78.9 Å². The zero-order valence-corrected chi connectivity index (χ0v) is 14.3. The lowest BCUT2D eigenvalue weighted by Crippen LogP contribution is -2.20. The molecule has 0 unspecified atom stereocenters. The minimum absolute atomic E-state index is 0.105. The second kappa shape index (κ2) is 8.58. The topological polar surface area (TPSA) is 56.8 Å². The molecule has 132 valence electrons. The Morgan fingerprint density at radius 1 is 0.808 bits per heavy atom. The number of methoxy groups -OCH3 is 1. The molecule has 5 heteroatoms. The largest absolute Gasteiger partial charge is 0.497 e. The first-order chi connectivity index (χ1) is 12.7. The lowest BCUT2D eigenvalue weighted by atomic mass is 10.3. The molecule has 26 heavy (non-hydrogen) atoms. The molecule has 0 saturated carbocycles. The Labute approximate surface area is 152 Å². The molecule has 1 amide bonds. The van der Waals surface area contributed by atoms with Crippen molar-refractivity contribution in [1.29, 1.82) is 0 Å². The molecule has 0 atom stereocenters. The molecule has 0 aromatic heterocycles. The van der Waals surface area contributed by atoms with Gasteiger partial charge in [-0.05, 0) is 48.5 Å². The van der Waals surface area contributed by atoms with E-state index in [4.69, 9.17) is 14.2 Å². The van der Waals surface area contributed by atoms with Gasteiger partial charge in [0.05, 0.1) is 12.8 Å². The second-order valence-electron chi connectivity index (χ2n) is 5.42. The second-order valence-corrected chi connectivity index (χ2v) is 5.42. The van der Waals surface area contributed by atoms with Crippen LogP contribution in [-0.4, -0.2) is 19.6 Å². The zero-order chi connectivity index (χ0) is 18.2. The molecule has 0 aliphatic carbocycles. The van der Waals surface area contributed by atoms with Gasteiger partial charge in [0.25, 0.3) is 5.91 Å². The fourth-order valence-corrected chi connectivity index (χ4v) is 2.28. The Hall–Kier alpha value is -3.47. The monoisotopic (exact) mass is 349 g/mol. The van der Waals surface area contributed by atoms with Crippen LogP contribution in [0.2, 0.25) is 0 Å². The number of carbonyl (C=O) groups is 1. The first-order valence-electron chi connectivity index (χ1n) is 8.13. The highest BCUT2D eigenvalue weighted by Gasteiger charge is 2.09. The molecule has 0 saturated heterocycles. The number of benzene rings is 3. The van der Waals surface area contributed by atoms with Crippen molar-refractivity contribution >= 4 is 11.6 Å². The lowest BCUT2D eigenvalue weighted by molar-refractivity contribution is -0.118. The van der Waals surface area contributed by atoms with Gasteiger partial charge in [-0.25, -0.2) is 0 Å². The van der Waals surface area contributed by atoms with Crippen LogP contribution in [0.5, 0.6) is 23.0 Å². The summed E-state index contributed by atoms with van der Waals surface area (Å²) in [6.07, 6.45) is 0. The van der Waals surface area contributed by atoms with Gasteiger partial charge in [0.2, 0.25) is 0 Å². The number of ether oxygens (including phenoxy) is 3. The van der Waals surface area contributed by atoms with E-state index in [1.807, 2.05) is 42.5 Å². The van der Waals surface area contributed by atoms with Crippen molar-refractivity contribution in [1.82, 2.24) is 0 Å². The molecule has 0 aliphatic heterocycles. The van der Waals surface area contributed by atoms with Crippen LogP contribution < -0.4 is 19.5 Å². The summed E-state index contributed by atoms with van der Waals surface area (Å²) in [5, 5.41) is 2.81. The van der Waals surface area contributed by atoms with E-state index < -0.39 is 0 Å². The van der Waals surface area contributed by atoms with Crippen molar-refractivity contribution in [3.63, 3.8) is 0 Å². The summed E-state index contributed by atoms with van der Waals surface area (Å²) in [4.78, 5) is 12.2. The highest BCUT2D eigenvalue weighted by atomic mass is 16.5. The van der Waals surface area contributed by atoms with Gasteiger partial charge < -0.3 is 19.5 Å². The maximum atomic E-state index is 12.2. The lowest BCUT2D eigenvalue weighted by Gasteiger charge is -2.12. The number of rotatable bonds is 7. The highest BCUT2D eigenvalue weighted by molar-refractivity contribution is 5.93. The summed E-state index contributed by atoms with van der Waals surface area (Å²) >= 11 is 0. The van der Waals surface area contributed by atoms with Gasteiger partial charge in [-0.15, -0.1) is 0 Å². The minimum Gasteiger partial charge on any atom is -0.497 e. The van der Waals surface area contributed by atoms with Crippen molar-refractivity contribution in [2.24, 2.45) is 0 Å². The molecular weight excluding hydrogens is 330 g/mol. The number of anilines is 1. The van der Waals surface area contributed by atoms with Crippen LogP contribution in [-0.2, 0) is 4.79 Å². The van der Waals surface area contributed by atoms with Crippen LogP contribution >= 0.6 is 0 Å². The SMILES string of the molecule is COc1ccc(OCC(=O)Nc2ccccc2Oc2ccccc2)cc1. The summed E-state index contributed by atoms with van der Waals surface area (Å²) in [5.74, 6) is 2.31. The van der Waals surface area contributed by atoms with Crippen LogP contribution in [0.3, 0.4) is 0 Å². The molecule has 0 fully saturated rings. The third kappa shape index (κ3) is 4.77. The maximum Gasteiger partial charge on any atom is 0.262 e. The molecule has 0 radical (unpaired) electrons. The molecule has 3 aromatic carbocycles. The van der Waals surface area contributed by atoms with Crippen LogP contribution in [0.25, 0.3) is 0 Å². The molecule has 3 aromatic rings. The van der Waals surface area contributed by atoms with Gasteiger partial charge in [0.1, 0.15) is 17.2 Å². The zero-order valence-electron chi connectivity index (χ0n) is 14.3. The first-order valence-corrected chi connectivity index (χ1v) is 8.13. The maximum absolute atomic E-state index is 12.2. The fourth-order valence-electron chi connectivity index (χ4n) is 2.28. The van der Waals surface area contributed by atoms with Crippen LogP contribution in [0, 0.1) is 0 Å². The quantitative estimate of drug-likeness (QED) is 0.682.